The second-order valence-corrected chi connectivity index (χ2v) is 7.57. The minimum Gasteiger partial charge on any atom is -0.286 e. The lowest BCUT2D eigenvalue weighted by molar-refractivity contribution is -0.125. The summed E-state index contributed by atoms with van der Waals surface area (Å²) in [5.74, 6) is -0.417. The molecular formula is C17H19FN4OS. The molecule has 0 unspecified atom stereocenters. The van der Waals surface area contributed by atoms with E-state index >= 15 is 0 Å². The third kappa shape index (κ3) is 3.31. The van der Waals surface area contributed by atoms with Gasteiger partial charge in [0.05, 0.1) is 11.2 Å². The number of hydrogen-bond donors (Lipinski definition) is 0. The Kier molecular flexibility index (Phi) is 4.36. The summed E-state index contributed by atoms with van der Waals surface area (Å²) >= 11 is 1.33. The van der Waals surface area contributed by atoms with Crippen molar-refractivity contribution in [3.8, 4) is 0 Å². The number of amides is 1. The highest BCUT2D eigenvalue weighted by Gasteiger charge is 2.30. The molecule has 0 aliphatic heterocycles. The molecule has 3 rings (SSSR count). The number of benzene rings is 1. The Morgan fingerprint density at radius 3 is 2.75 bits per heavy atom. The lowest BCUT2D eigenvalue weighted by Gasteiger charge is -2.27. The Morgan fingerprint density at radius 2 is 2.12 bits per heavy atom. The second kappa shape index (κ2) is 6.32. The summed E-state index contributed by atoms with van der Waals surface area (Å²) in [6.45, 7) is 6.57. The number of halogens is 1. The predicted octanol–water partition coefficient (Wildman–Crippen LogP) is 3.71. The van der Waals surface area contributed by atoms with Crippen molar-refractivity contribution >= 4 is 32.6 Å². The van der Waals surface area contributed by atoms with E-state index in [2.05, 4.69) is 10.1 Å². The Bertz CT molecular complexity index is 851. The van der Waals surface area contributed by atoms with Crippen molar-refractivity contribution in [2.75, 3.05) is 11.4 Å². The number of aromatic nitrogens is 3. The topological polar surface area (TPSA) is 51.0 Å². The van der Waals surface area contributed by atoms with Gasteiger partial charge in [0.1, 0.15) is 11.3 Å². The highest BCUT2D eigenvalue weighted by Crippen LogP contribution is 2.32. The first-order valence-electron chi connectivity index (χ1n) is 7.71. The molecule has 0 radical (unpaired) electrons. The molecule has 5 nitrogen and oxygen atoms in total. The van der Waals surface area contributed by atoms with Gasteiger partial charge in [-0.3, -0.25) is 14.4 Å². The van der Waals surface area contributed by atoms with Crippen molar-refractivity contribution < 1.29 is 9.18 Å². The van der Waals surface area contributed by atoms with E-state index in [1.807, 2.05) is 39.1 Å². The zero-order valence-electron chi connectivity index (χ0n) is 13.9. The summed E-state index contributed by atoms with van der Waals surface area (Å²) in [5.41, 5.74) is -0.246. The predicted molar refractivity (Wildman–Crippen MR) is 93.6 cm³/mol. The quantitative estimate of drug-likeness (QED) is 0.723. The summed E-state index contributed by atoms with van der Waals surface area (Å²) in [7, 11) is 0. The first-order valence-corrected chi connectivity index (χ1v) is 8.52. The van der Waals surface area contributed by atoms with E-state index in [9.17, 15) is 9.18 Å². The third-order valence-electron chi connectivity index (χ3n) is 3.59. The Balaban J connectivity index is 1.95. The molecule has 1 amide bonds. The fraction of sp³-hybridized carbons (Fsp3) is 0.353. The number of para-hydroxylation sites is 1. The summed E-state index contributed by atoms with van der Waals surface area (Å²) in [4.78, 5) is 18.9. The van der Waals surface area contributed by atoms with Crippen LogP contribution >= 0.6 is 11.3 Å². The Labute approximate surface area is 143 Å². The van der Waals surface area contributed by atoms with Crippen LogP contribution in [-0.4, -0.2) is 27.2 Å². The molecule has 0 atom stereocenters. The van der Waals surface area contributed by atoms with Gasteiger partial charge in [-0.2, -0.15) is 5.10 Å². The summed E-state index contributed by atoms with van der Waals surface area (Å²) in [6.07, 6.45) is 3.54. The van der Waals surface area contributed by atoms with Gasteiger partial charge in [0, 0.05) is 24.4 Å². The maximum Gasteiger partial charge on any atom is 0.234 e. The fourth-order valence-corrected chi connectivity index (χ4v) is 3.35. The van der Waals surface area contributed by atoms with E-state index < -0.39 is 5.41 Å². The van der Waals surface area contributed by atoms with Gasteiger partial charge in [0.2, 0.25) is 5.91 Å². The number of nitrogens with zero attached hydrogens (tertiary/aromatic N) is 4. The minimum absolute atomic E-state index is 0.0471. The van der Waals surface area contributed by atoms with Crippen molar-refractivity contribution in [2.45, 2.75) is 27.3 Å². The van der Waals surface area contributed by atoms with E-state index in [-0.39, 0.29) is 11.7 Å². The molecule has 0 fully saturated rings. The molecule has 126 valence electrons. The normalized spacial score (nSPS) is 11.8. The molecule has 0 saturated carbocycles. The number of anilines is 1. The smallest absolute Gasteiger partial charge is 0.234 e. The number of hydrogen-bond acceptors (Lipinski definition) is 4. The molecule has 0 aliphatic rings. The summed E-state index contributed by atoms with van der Waals surface area (Å²) in [6, 6.07) is 6.68. The zero-order valence-corrected chi connectivity index (χ0v) is 14.7. The molecule has 0 aliphatic carbocycles. The van der Waals surface area contributed by atoms with E-state index in [0.29, 0.717) is 23.7 Å². The summed E-state index contributed by atoms with van der Waals surface area (Å²) < 4.78 is 16.4. The molecule has 0 spiro atoms. The van der Waals surface area contributed by atoms with Crippen molar-refractivity contribution in [2.24, 2.45) is 5.41 Å². The first-order chi connectivity index (χ1) is 11.4. The van der Waals surface area contributed by atoms with Gasteiger partial charge < -0.3 is 0 Å². The van der Waals surface area contributed by atoms with Gasteiger partial charge in [-0.05, 0) is 18.2 Å². The van der Waals surface area contributed by atoms with Crippen LogP contribution in [0.25, 0.3) is 10.2 Å². The SMILES string of the molecule is CC(C)(C)C(=O)N(CCn1cccn1)c1nc2c(F)cccc2s1. The van der Waals surface area contributed by atoms with E-state index in [1.165, 1.54) is 17.4 Å². The van der Waals surface area contributed by atoms with E-state index in [1.54, 1.807) is 21.8 Å². The first kappa shape index (κ1) is 16.6. The molecule has 3 aromatic rings. The molecule has 2 heterocycles. The lowest BCUT2D eigenvalue weighted by atomic mass is 9.95. The summed E-state index contributed by atoms with van der Waals surface area (Å²) in [5, 5.41) is 4.68. The van der Waals surface area contributed by atoms with Crippen LogP contribution in [0, 0.1) is 11.2 Å². The largest absolute Gasteiger partial charge is 0.286 e. The van der Waals surface area contributed by atoms with Crippen molar-refractivity contribution in [3.63, 3.8) is 0 Å². The number of thiazole rings is 1. The number of carbonyl (C=O) groups is 1. The van der Waals surface area contributed by atoms with Gasteiger partial charge in [0.25, 0.3) is 0 Å². The van der Waals surface area contributed by atoms with Crippen LogP contribution in [-0.2, 0) is 11.3 Å². The molecule has 0 saturated heterocycles. The molecular weight excluding hydrogens is 327 g/mol. The third-order valence-corrected chi connectivity index (χ3v) is 4.63. The fourth-order valence-electron chi connectivity index (χ4n) is 2.34. The van der Waals surface area contributed by atoms with Gasteiger partial charge in [0.15, 0.2) is 5.13 Å². The number of rotatable bonds is 4. The Morgan fingerprint density at radius 1 is 1.33 bits per heavy atom. The standard InChI is InChI=1S/C17H19FN4OS/c1-17(2,3)15(23)22(11-10-21-9-5-8-19-21)16-20-14-12(18)6-4-7-13(14)24-16/h4-9H,10-11H2,1-3H3. The maximum absolute atomic E-state index is 13.9. The monoisotopic (exact) mass is 346 g/mol. The Hall–Kier alpha value is -2.28. The van der Waals surface area contributed by atoms with Crippen molar-refractivity contribution in [1.29, 1.82) is 0 Å². The van der Waals surface area contributed by atoms with E-state index in [0.717, 1.165) is 4.70 Å². The molecule has 0 bridgehead atoms. The molecule has 24 heavy (non-hydrogen) atoms. The average molecular weight is 346 g/mol. The zero-order chi connectivity index (χ0) is 17.3. The van der Waals surface area contributed by atoms with Crippen LogP contribution in [0.2, 0.25) is 0 Å². The number of fused-ring (bicyclic) bond motifs is 1. The van der Waals surface area contributed by atoms with Crippen LogP contribution in [0.15, 0.2) is 36.7 Å². The molecule has 1 aromatic carbocycles. The van der Waals surface area contributed by atoms with Crippen molar-refractivity contribution in [1.82, 2.24) is 14.8 Å². The minimum atomic E-state index is -0.555. The van der Waals surface area contributed by atoms with E-state index in [4.69, 9.17) is 0 Å². The van der Waals surface area contributed by atoms with Crippen LogP contribution in [0.1, 0.15) is 20.8 Å². The number of carbonyl (C=O) groups excluding carboxylic acids is 1. The average Bonchev–Trinajstić information content (AvgIpc) is 3.16. The van der Waals surface area contributed by atoms with Gasteiger partial charge in [-0.1, -0.05) is 38.2 Å². The van der Waals surface area contributed by atoms with Gasteiger partial charge in [-0.15, -0.1) is 0 Å². The van der Waals surface area contributed by atoms with Crippen LogP contribution in [0.4, 0.5) is 9.52 Å². The van der Waals surface area contributed by atoms with Crippen LogP contribution in [0.3, 0.4) is 0 Å². The van der Waals surface area contributed by atoms with Crippen molar-refractivity contribution in [3.05, 3.63) is 42.5 Å². The highest BCUT2D eigenvalue weighted by molar-refractivity contribution is 7.22. The maximum atomic E-state index is 13.9. The second-order valence-electron chi connectivity index (χ2n) is 6.56. The molecule has 7 heteroatoms. The van der Waals surface area contributed by atoms with Gasteiger partial charge in [-0.25, -0.2) is 9.37 Å². The molecule has 2 aromatic heterocycles. The van der Waals surface area contributed by atoms with Gasteiger partial charge >= 0.3 is 0 Å². The molecule has 0 N–H and O–H groups in total. The van der Waals surface area contributed by atoms with Crippen LogP contribution < -0.4 is 4.90 Å². The highest BCUT2D eigenvalue weighted by atomic mass is 32.1. The van der Waals surface area contributed by atoms with Crippen LogP contribution in [0.5, 0.6) is 0 Å². The lowest BCUT2D eigenvalue weighted by Crippen LogP contribution is -2.41.